The van der Waals surface area contributed by atoms with Gasteiger partial charge in [0.15, 0.2) is 0 Å². The second kappa shape index (κ2) is 10.9. The molecule has 0 spiro atoms. The maximum absolute atomic E-state index is 12.9. The summed E-state index contributed by atoms with van der Waals surface area (Å²) in [5.74, 6) is 0.672. The van der Waals surface area contributed by atoms with Crippen LogP contribution in [0.25, 0.3) is 11.0 Å². The summed E-state index contributed by atoms with van der Waals surface area (Å²) in [6, 6.07) is 26.7. The van der Waals surface area contributed by atoms with E-state index < -0.39 is 15.9 Å². The van der Waals surface area contributed by atoms with Crippen LogP contribution in [0.5, 0.6) is 5.75 Å². The smallest absolute Gasteiger partial charge is 0.265 e. The van der Waals surface area contributed by atoms with Crippen LogP contribution in [0.4, 0.5) is 0 Å². The lowest BCUT2D eigenvalue weighted by molar-refractivity contribution is 0.0981. The zero-order valence-electron chi connectivity index (χ0n) is 21.4. The third-order valence-corrected chi connectivity index (χ3v) is 8.01. The van der Waals surface area contributed by atoms with Crippen LogP contribution >= 0.6 is 11.6 Å². The zero-order chi connectivity index (χ0) is 27.6. The monoisotopic (exact) mass is 559 g/mol. The maximum Gasteiger partial charge on any atom is 0.265 e. The minimum absolute atomic E-state index is 0.0312. The number of sulfonamides is 1. The molecule has 9 heteroatoms. The molecule has 0 aliphatic rings. The first-order chi connectivity index (χ1) is 18.7. The summed E-state index contributed by atoms with van der Waals surface area (Å²) in [7, 11) is -4.02. The van der Waals surface area contributed by atoms with Crippen LogP contribution in [0, 0.1) is 13.8 Å². The van der Waals surface area contributed by atoms with Gasteiger partial charge in [0.05, 0.1) is 22.5 Å². The molecule has 0 saturated carbocycles. The molecule has 0 fully saturated rings. The Kier molecular flexibility index (Phi) is 7.41. The van der Waals surface area contributed by atoms with E-state index in [1.54, 1.807) is 43.3 Å². The number of nitrogens with zero attached hydrogens (tertiary/aromatic N) is 2. The summed E-state index contributed by atoms with van der Waals surface area (Å²) in [4.78, 5) is 17.6. The first kappa shape index (κ1) is 26.5. The van der Waals surface area contributed by atoms with Gasteiger partial charge in [0.2, 0.25) is 0 Å². The van der Waals surface area contributed by atoms with Crippen molar-refractivity contribution in [1.29, 1.82) is 0 Å². The number of aromatic nitrogens is 2. The van der Waals surface area contributed by atoms with E-state index in [1.807, 2.05) is 54.0 Å². The lowest BCUT2D eigenvalue weighted by Crippen LogP contribution is -2.30. The van der Waals surface area contributed by atoms with E-state index in [0.29, 0.717) is 35.0 Å². The molecule has 0 unspecified atom stereocenters. The molecule has 5 rings (SSSR count). The van der Waals surface area contributed by atoms with Crippen LogP contribution in [0.2, 0.25) is 5.02 Å². The number of amides is 1. The van der Waals surface area contributed by atoms with E-state index in [9.17, 15) is 13.2 Å². The summed E-state index contributed by atoms with van der Waals surface area (Å²) in [5, 5.41) is 0.542. The molecule has 0 aliphatic heterocycles. The number of ether oxygens (including phenoxy) is 1. The fraction of sp³-hybridized carbons (Fsp3) is 0.133. The van der Waals surface area contributed by atoms with Crippen molar-refractivity contribution in [3.05, 3.63) is 124 Å². The Bertz CT molecular complexity index is 1780. The third kappa shape index (κ3) is 5.97. The molecule has 0 saturated heterocycles. The molecule has 198 valence electrons. The number of hydrogen-bond donors (Lipinski definition) is 1. The van der Waals surface area contributed by atoms with Crippen molar-refractivity contribution in [2.75, 3.05) is 0 Å². The number of rotatable bonds is 8. The SMILES string of the molecule is Cc1cccc(S(=O)(=O)NC(=O)c2ccc3nc(C)n(Cc4ccc(OCc5ccccc5)cc4Cl)c3c2)c1. The van der Waals surface area contributed by atoms with E-state index in [-0.39, 0.29) is 10.5 Å². The molecule has 1 amide bonds. The average Bonchev–Trinajstić information content (AvgIpc) is 3.23. The van der Waals surface area contributed by atoms with Crippen molar-refractivity contribution in [2.45, 2.75) is 31.9 Å². The minimum Gasteiger partial charge on any atom is -0.489 e. The maximum atomic E-state index is 12.9. The van der Waals surface area contributed by atoms with E-state index in [0.717, 1.165) is 22.5 Å². The minimum atomic E-state index is -4.02. The molecule has 0 atom stereocenters. The zero-order valence-corrected chi connectivity index (χ0v) is 23.0. The van der Waals surface area contributed by atoms with Crippen molar-refractivity contribution in [3.63, 3.8) is 0 Å². The van der Waals surface area contributed by atoms with E-state index in [2.05, 4.69) is 9.71 Å². The molecule has 4 aromatic carbocycles. The second-order valence-electron chi connectivity index (χ2n) is 9.23. The molecule has 0 bridgehead atoms. The van der Waals surface area contributed by atoms with Crippen LogP contribution in [-0.2, 0) is 23.2 Å². The number of fused-ring (bicyclic) bond motifs is 1. The van der Waals surface area contributed by atoms with Gasteiger partial charge in [0, 0.05) is 10.6 Å². The van der Waals surface area contributed by atoms with Gasteiger partial charge in [-0.3, -0.25) is 4.79 Å². The molecule has 39 heavy (non-hydrogen) atoms. The molecule has 5 aromatic rings. The highest BCUT2D eigenvalue weighted by atomic mass is 35.5. The number of imidazole rings is 1. The Morgan fingerprint density at radius 2 is 1.74 bits per heavy atom. The second-order valence-corrected chi connectivity index (χ2v) is 11.3. The Hall–Kier alpha value is -4.14. The Labute approximate surface area is 232 Å². The predicted molar refractivity (Wildman–Crippen MR) is 152 cm³/mol. The Morgan fingerprint density at radius 1 is 0.949 bits per heavy atom. The van der Waals surface area contributed by atoms with Gasteiger partial charge in [0.1, 0.15) is 18.2 Å². The van der Waals surface area contributed by atoms with Crippen LogP contribution in [0.15, 0.2) is 95.9 Å². The summed E-state index contributed by atoms with van der Waals surface area (Å²) in [6.45, 7) is 4.50. The number of carbonyl (C=O) groups excluding carboxylic acids is 1. The molecule has 1 aromatic heterocycles. The molecule has 1 heterocycles. The lowest BCUT2D eigenvalue weighted by Gasteiger charge is -2.12. The first-order valence-electron chi connectivity index (χ1n) is 12.3. The molecule has 1 N–H and O–H groups in total. The van der Waals surface area contributed by atoms with Crippen LogP contribution in [0.1, 0.15) is 32.9 Å². The van der Waals surface area contributed by atoms with Crippen LogP contribution in [0.3, 0.4) is 0 Å². The van der Waals surface area contributed by atoms with Gasteiger partial charge in [-0.1, -0.05) is 60.1 Å². The third-order valence-electron chi connectivity index (χ3n) is 6.33. The molecule has 0 radical (unpaired) electrons. The van der Waals surface area contributed by atoms with Gasteiger partial charge in [-0.25, -0.2) is 18.1 Å². The lowest BCUT2D eigenvalue weighted by atomic mass is 10.1. The predicted octanol–water partition coefficient (Wildman–Crippen LogP) is 6.05. The quantitative estimate of drug-likeness (QED) is 0.250. The van der Waals surface area contributed by atoms with E-state index in [1.165, 1.54) is 12.1 Å². The van der Waals surface area contributed by atoms with Crippen molar-refractivity contribution in [2.24, 2.45) is 0 Å². The van der Waals surface area contributed by atoms with Gasteiger partial charge in [-0.15, -0.1) is 0 Å². The highest BCUT2D eigenvalue weighted by Gasteiger charge is 2.20. The highest BCUT2D eigenvalue weighted by molar-refractivity contribution is 7.90. The average molecular weight is 560 g/mol. The summed E-state index contributed by atoms with van der Waals surface area (Å²) < 4.78 is 35.5. The highest BCUT2D eigenvalue weighted by Crippen LogP contribution is 2.27. The number of halogens is 1. The summed E-state index contributed by atoms with van der Waals surface area (Å²) in [5.41, 5.74) is 4.27. The Balaban J connectivity index is 1.36. The number of benzene rings is 4. The van der Waals surface area contributed by atoms with Gasteiger partial charge in [-0.05, 0) is 73.0 Å². The topological polar surface area (TPSA) is 90.3 Å². The van der Waals surface area contributed by atoms with Gasteiger partial charge in [0.25, 0.3) is 15.9 Å². The molecular weight excluding hydrogens is 534 g/mol. The van der Waals surface area contributed by atoms with Gasteiger partial charge in [-0.2, -0.15) is 0 Å². The standard InChI is InChI=1S/C30H26ClN3O4S/c1-20-7-6-10-26(15-20)39(36,37)33-30(35)23-12-14-28-29(16-23)34(21(2)32-28)18-24-11-13-25(17-27(24)31)38-19-22-8-4-3-5-9-22/h3-17H,18-19H2,1-2H3,(H,33,35). The molecule has 7 nitrogen and oxygen atoms in total. The first-order valence-corrected chi connectivity index (χ1v) is 14.1. The number of hydrogen-bond acceptors (Lipinski definition) is 5. The van der Waals surface area contributed by atoms with E-state index in [4.69, 9.17) is 16.3 Å². The van der Waals surface area contributed by atoms with E-state index >= 15 is 0 Å². The normalized spacial score (nSPS) is 11.5. The fourth-order valence-corrected chi connectivity index (χ4v) is 5.57. The van der Waals surface area contributed by atoms with Crippen molar-refractivity contribution in [3.8, 4) is 5.75 Å². The van der Waals surface area contributed by atoms with Crippen molar-refractivity contribution < 1.29 is 17.9 Å². The fourth-order valence-electron chi connectivity index (χ4n) is 4.26. The van der Waals surface area contributed by atoms with Crippen molar-refractivity contribution in [1.82, 2.24) is 14.3 Å². The van der Waals surface area contributed by atoms with Crippen LogP contribution in [-0.4, -0.2) is 23.9 Å². The van der Waals surface area contributed by atoms with Gasteiger partial charge < -0.3 is 9.30 Å². The number of nitrogens with one attached hydrogen (secondary N) is 1. The van der Waals surface area contributed by atoms with Crippen LogP contribution < -0.4 is 9.46 Å². The Morgan fingerprint density at radius 3 is 2.49 bits per heavy atom. The number of aryl methyl sites for hydroxylation is 2. The number of carbonyl (C=O) groups is 1. The molecule has 0 aliphatic carbocycles. The summed E-state index contributed by atoms with van der Waals surface area (Å²) in [6.07, 6.45) is 0. The summed E-state index contributed by atoms with van der Waals surface area (Å²) >= 11 is 6.61. The van der Waals surface area contributed by atoms with Gasteiger partial charge >= 0.3 is 0 Å². The largest absolute Gasteiger partial charge is 0.489 e. The van der Waals surface area contributed by atoms with Crippen molar-refractivity contribution >= 4 is 38.6 Å². The molecular formula is C30H26ClN3O4S.